The molecule has 2 rings (SSSR count). The lowest BCUT2D eigenvalue weighted by molar-refractivity contribution is 0.00526. The second-order valence-electron chi connectivity index (χ2n) is 5.54. The highest BCUT2D eigenvalue weighted by Gasteiger charge is 2.29. The summed E-state index contributed by atoms with van der Waals surface area (Å²) in [6.45, 7) is 3.11. The Morgan fingerprint density at radius 1 is 1.25 bits per heavy atom. The van der Waals surface area contributed by atoms with Gasteiger partial charge in [0.05, 0.1) is 11.2 Å². The summed E-state index contributed by atoms with van der Waals surface area (Å²) in [6.07, 6.45) is 4.82. The second-order valence-corrected chi connectivity index (χ2v) is 5.54. The van der Waals surface area contributed by atoms with Crippen LogP contribution >= 0.6 is 0 Å². The van der Waals surface area contributed by atoms with E-state index in [0.717, 1.165) is 37.9 Å². The highest BCUT2D eigenvalue weighted by atomic mass is 16.3. The van der Waals surface area contributed by atoms with Crippen LogP contribution < -0.4 is 10.6 Å². The minimum absolute atomic E-state index is 0.124. The first-order valence-electron chi connectivity index (χ1n) is 7.48. The molecule has 0 saturated heterocycles. The molecule has 0 unspecified atom stereocenters. The van der Waals surface area contributed by atoms with Crippen LogP contribution in [0.2, 0.25) is 0 Å². The maximum Gasteiger partial charge on any atom is 0.253 e. The van der Waals surface area contributed by atoms with Gasteiger partial charge in [0.15, 0.2) is 0 Å². The van der Waals surface area contributed by atoms with Crippen LogP contribution in [0.15, 0.2) is 24.3 Å². The number of benzene rings is 1. The van der Waals surface area contributed by atoms with Gasteiger partial charge in [-0.15, -0.1) is 0 Å². The first kappa shape index (κ1) is 14.9. The van der Waals surface area contributed by atoms with Gasteiger partial charge in [-0.05, 0) is 31.9 Å². The normalized spacial score (nSPS) is 17.5. The van der Waals surface area contributed by atoms with Crippen LogP contribution in [0.3, 0.4) is 0 Å². The van der Waals surface area contributed by atoms with Crippen LogP contribution in [-0.4, -0.2) is 29.7 Å². The lowest BCUT2D eigenvalue weighted by atomic mass is 9.85. The van der Waals surface area contributed by atoms with Gasteiger partial charge in [-0.3, -0.25) is 4.79 Å². The highest BCUT2D eigenvalue weighted by molar-refractivity contribution is 5.99. The summed E-state index contributed by atoms with van der Waals surface area (Å²) < 4.78 is 0. The average molecular weight is 276 g/mol. The van der Waals surface area contributed by atoms with Crippen LogP contribution in [0.1, 0.15) is 49.4 Å². The van der Waals surface area contributed by atoms with Crippen molar-refractivity contribution in [3.05, 3.63) is 29.8 Å². The number of para-hydroxylation sites is 1. The first-order valence-corrected chi connectivity index (χ1v) is 7.48. The van der Waals surface area contributed by atoms with E-state index < -0.39 is 5.60 Å². The van der Waals surface area contributed by atoms with E-state index in [0.29, 0.717) is 12.1 Å². The molecule has 1 amide bonds. The van der Waals surface area contributed by atoms with Crippen molar-refractivity contribution in [3.63, 3.8) is 0 Å². The van der Waals surface area contributed by atoms with Crippen molar-refractivity contribution in [2.24, 2.45) is 0 Å². The summed E-state index contributed by atoms with van der Waals surface area (Å²) in [5.74, 6) is -0.124. The standard InChI is InChI=1S/C16H24N2O2/c1-2-17-14-9-5-4-8-13(14)15(19)18-12-16(20)10-6-3-7-11-16/h4-5,8-9,17,20H,2-3,6-7,10-12H2,1H3,(H,18,19). The van der Waals surface area contributed by atoms with Crippen molar-refractivity contribution >= 4 is 11.6 Å². The van der Waals surface area contributed by atoms with Gasteiger partial charge in [-0.1, -0.05) is 31.4 Å². The Morgan fingerprint density at radius 2 is 1.95 bits per heavy atom. The molecule has 20 heavy (non-hydrogen) atoms. The van der Waals surface area contributed by atoms with Gasteiger partial charge in [0, 0.05) is 18.8 Å². The van der Waals surface area contributed by atoms with Gasteiger partial charge >= 0.3 is 0 Å². The van der Waals surface area contributed by atoms with Crippen LogP contribution in [0.25, 0.3) is 0 Å². The predicted molar refractivity (Wildman–Crippen MR) is 81.0 cm³/mol. The fourth-order valence-electron chi connectivity index (χ4n) is 2.75. The number of carbonyl (C=O) groups is 1. The number of anilines is 1. The van der Waals surface area contributed by atoms with Crippen LogP contribution in [0.5, 0.6) is 0 Å². The number of aliphatic hydroxyl groups is 1. The fourth-order valence-corrected chi connectivity index (χ4v) is 2.75. The molecule has 1 fully saturated rings. The summed E-state index contributed by atoms with van der Waals surface area (Å²) in [6, 6.07) is 7.46. The molecule has 1 aromatic rings. The number of hydrogen-bond acceptors (Lipinski definition) is 3. The van der Waals surface area contributed by atoms with Gasteiger partial charge in [-0.2, -0.15) is 0 Å². The zero-order valence-electron chi connectivity index (χ0n) is 12.1. The van der Waals surface area contributed by atoms with E-state index in [-0.39, 0.29) is 5.91 Å². The highest BCUT2D eigenvalue weighted by Crippen LogP contribution is 2.27. The molecule has 0 bridgehead atoms. The van der Waals surface area contributed by atoms with Crippen LogP contribution in [0.4, 0.5) is 5.69 Å². The van der Waals surface area contributed by atoms with Gasteiger partial charge in [0.1, 0.15) is 0 Å². The Bertz CT molecular complexity index is 454. The molecule has 110 valence electrons. The quantitative estimate of drug-likeness (QED) is 0.774. The van der Waals surface area contributed by atoms with Crippen LogP contribution in [0, 0.1) is 0 Å². The van der Waals surface area contributed by atoms with E-state index in [1.165, 1.54) is 6.42 Å². The summed E-state index contributed by atoms with van der Waals surface area (Å²) in [5.41, 5.74) is 0.748. The number of hydrogen-bond donors (Lipinski definition) is 3. The van der Waals surface area contributed by atoms with Crippen molar-refractivity contribution in [2.45, 2.75) is 44.6 Å². The molecule has 1 saturated carbocycles. The fraction of sp³-hybridized carbons (Fsp3) is 0.562. The third kappa shape index (κ3) is 3.73. The zero-order valence-corrected chi connectivity index (χ0v) is 12.1. The Kier molecular flexibility index (Phi) is 5.01. The molecule has 0 aliphatic heterocycles. The molecule has 0 heterocycles. The molecule has 4 nitrogen and oxygen atoms in total. The van der Waals surface area contributed by atoms with E-state index in [4.69, 9.17) is 0 Å². The maximum absolute atomic E-state index is 12.3. The largest absolute Gasteiger partial charge is 0.388 e. The monoisotopic (exact) mass is 276 g/mol. The molecule has 4 heteroatoms. The van der Waals surface area contributed by atoms with E-state index in [1.54, 1.807) is 6.07 Å². The number of rotatable bonds is 5. The van der Waals surface area contributed by atoms with Gasteiger partial charge in [0.2, 0.25) is 0 Å². The molecule has 0 spiro atoms. The van der Waals surface area contributed by atoms with Crippen molar-refractivity contribution in [2.75, 3.05) is 18.4 Å². The first-order chi connectivity index (χ1) is 9.64. The van der Waals surface area contributed by atoms with Crippen molar-refractivity contribution < 1.29 is 9.90 Å². The van der Waals surface area contributed by atoms with Crippen LogP contribution in [-0.2, 0) is 0 Å². The lowest BCUT2D eigenvalue weighted by Crippen LogP contribution is -2.44. The molecule has 0 aromatic heterocycles. The van der Waals surface area contributed by atoms with Crippen molar-refractivity contribution in [1.82, 2.24) is 5.32 Å². The number of amides is 1. The summed E-state index contributed by atoms with van der Waals surface area (Å²) in [5, 5.41) is 16.5. The van der Waals surface area contributed by atoms with Gasteiger partial charge in [-0.25, -0.2) is 0 Å². The lowest BCUT2D eigenvalue weighted by Gasteiger charge is -2.32. The molecule has 0 radical (unpaired) electrons. The molecule has 1 aromatic carbocycles. The van der Waals surface area contributed by atoms with Gasteiger partial charge < -0.3 is 15.7 Å². The Balaban J connectivity index is 1.98. The van der Waals surface area contributed by atoms with Crippen molar-refractivity contribution in [1.29, 1.82) is 0 Å². The molecular weight excluding hydrogens is 252 g/mol. The molecule has 1 aliphatic carbocycles. The molecule has 0 atom stereocenters. The number of carbonyl (C=O) groups excluding carboxylic acids is 1. The zero-order chi connectivity index (χ0) is 14.4. The van der Waals surface area contributed by atoms with E-state index in [1.807, 2.05) is 25.1 Å². The van der Waals surface area contributed by atoms with E-state index in [9.17, 15) is 9.90 Å². The third-order valence-corrected chi connectivity index (χ3v) is 3.90. The second kappa shape index (κ2) is 6.75. The van der Waals surface area contributed by atoms with E-state index >= 15 is 0 Å². The average Bonchev–Trinajstić information content (AvgIpc) is 2.47. The smallest absolute Gasteiger partial charge is 0.253 e. The topological polar surface area (TPSA) is 61.4 Å². The van der Waals surface area contributed by atoms with Gasteiger partial charge in [0.25, 0.3) is 5.91 Å². The Hall–Kier alpha value is -1.55. The minimum atomic E-state index is -0.721. The Morgan fingerprint density at radius 3 is 2.65 bits per heavy atom. The molecular formula is C16H24N2O2. The maximum atomic E-state index is 12.3. The molecule has 3 N–H and O–H groups in total. The summed E-state index contributed by atoms with van der Waals surface area (Å²) in [7, 11) is 0. The van der Waals surface area contributed by atoms with E-state index in [2.05, 4.69) is 10.6 Å². The predicted octanol–water partition coefficient (Wildman–Crippen LogP) is 2.54. The molecule has 1 aliphatic rings. The minimum Gasteiger partial charge on any atom is -0.388 e. The SMILES string of the molecule is CCNc1ccccc1C(=O)NCC1(O)CCCCC1. The number of nitrogens with one attached hydrogen (secondary N) is 2. The van der Waals surface area contributed by atoms with Crippen molar-refractivity contribution in [3.8, 4) is 0 Å². The summed E-state index contributed by atoms with van der Waals surface area (Å²) in [4.78, 5) is 12.3. The third-order valence-electron chi connectivity index (χ3n) is 3.90. The Labute approximate surface area is 120 Å². The summed E-state index contributed by atoms with van der Waals surface area (Å²) >= 11 is 0.